The zero-order chi connectivity index (χ0) is 21.1. The number of carbonyl (C=O) groups is 1. The summed E-state index contributed by atoms with van der Waals surface area (Å²) in [6.07, 6.45) is 1.38. The average molecular weight is 400 g/mol. The molecule has 30 heavy (non-hydrogen) atoms. The highest BCUT2D eigenvalue weighted by Gasteiger charge is 2.18. The maximum atomic E-state index is 12.4. The molecule has 0 aliphatic heterocycles. The van der Waals surface area contributed by atoms with Crippen LogP contribution in [0.2, 0.25) is 0 Å². The molecule has 4 rings (SSSR count). The van der Waals surface area contributed by atoms with Crippen LogP contribution in [0.3, 0.4) is 0 Å². The molecule has 3 N–H and O–H groups in total. The number of aromatic hydroxyl groups is 1. The number of aromatic nitrogens is 4. The van der Waals surface area contributed by atoms with Gasteiger partial charge in [-0.2, -0.15) is 15.3 Å². The van der Waals surface area contributed by atoms with Crippen molar-refractivity contribution in [3.8, 4) is 22.7 Å². The van der Waals surface area contributed by atoms with Crippen molar-refractivity contribution in [2.45, 2.75) is 13.8 Å². The summed E-state index contributed by atoms with van der Waals surface area (Å²) in [6, 6.07) is 18.2. The third-order valence-electron chi connectivity index (χ3n) is 4.68. The molecule has 2 aromatic carbocycles. The molecule has 0 spiro atoms. The molecule has 2 aromatic heterocycles. The summed E-state index contributed by atoms with van der Waals surface area (Å²) in [5.74, 6) is -0.355. The summed E-state index contributed by atoms with van der Waals surface area (Å²) in [6.45, 7) is 3.88. The minimum absolute atomic E-state index is 0.0840. The van der Waals surface area contributed by atoms with Crippen molar-refractivity contribution in [1.82, 2.24) is 25.4 Å². The van der Waals surface area contributed by atoms with Gasteiger partial charge in [-0.3, -0.25) is 9.89 Å². The first kappa shape index (κ1) is 19.1. The first-order valence-electron chi connectivity index (χ1n) is 9.33. The Morgan fingerprint density at radius 2 is 1.87 bits per heavy atom. The lowest BCUT2D eigenvalue weighted by Crippen LogP contribution is -2.18. The van der Waals surface area contributed by atoms with Gasteiger partial charge in [-0.05, 0) is 44.2 Å². The number of nitrogens with one attached hydrogen (secondary N) is 2. The molecule has 0 aliphatic carbocycles. The fraction of sp³-hybridized carbons (Fsp3) is 0.0909. The van der Waals surface area contributed by atoms with Crippen molar-refractivity contribution >= 4 is 12.1 Å². The zero-order valence-electron chi connectivity index (χ0n) is 16.5. The summed E-state index contributed by atoms with van der Waals surface area (Å²) in [5, 5.41) is 25.3. The Hall–Kier alpha value is -4.20. The molecule has 1 amide bonds. The van der Waals surface area contributed by atoms with Gasteiger partial charge >= 0.3 is 0 Å². The molecule has 0 radical (unpaired) electrons. The molecule has 150 valence electrons. The average Bonchev–Trinajstić information content (AvgIpc) is 3.34. The fourth-order valence-electron chi connectivity index (χ4n) is 3.22. The lowest BCUT2D eigenvalue weighted by molar-refractivity contribution is 0.0950. The Labute approximate surface area is 172 Å². The van der Waals surface area contributed by atoms with Crippen molar-refractivity contribution in [3.63, 3.8) is 0 Å². The Bertz CT molecular complexity index is 1220. The monoisotopic (exact) mass is 400 g/mol. The van der Waals surface area contributed by atoms with Gasteiger partial charge in [-0.25, -0.2) is 10.1 Å². The minimum atomic E-state index is -0.439. The molecular weight excluding hydrogens is 380 g/mol. The molecular formula is C22H20N6O2. The van der Waals surface area contributed by atoms with Crippen LogP contribution >= 0.6 is 0 Å². The van der Waals surface area contributed by atoms with E-state index in [4.69, 9.17) is 0 Å². The van der Waals surface area contributed by atoms with E-state index < -0.39 is 5.91 Å². The van der Waals surface area contributed by atoms with Gasteiger partial charge in [0.15, 0.2) is 0 Å². The molecule has 0 bridgehead atoms. The largest absolute Gasteiger partial charge is 0.507 e. The SMILES string of the molecule is Cc1nn(-c2ccccc2)c(C)c1-c1cc(C(=O)NN=Cc2ccccc2O)[nH]n1. The molecule has 0 saturated carbocycles. The quantitative estimate of drug-likeness (QED) is 0.353. The van der Waals surface area contributed by atoms with E-state index >= 15 is 0 Å². The molecule has 8 nitrogen and oxygen atoms in total. The Morgan fingerprint density at radius 3 is 2.63 bits per heavy atom. The number of phenols is 1. The van der Waals surface area contributed by atoms with Crippen molar-refractivity contribution in [2.24, 2.45) is 5.10 Å². The summed E-state index contributed by atoms with van der Waals surface area (Å²) in [4.78, 5) is 12.4. The molecule has 0 unspecified atom stereocenters. The maximum Gasteiger partial charge on any atom is 0.289 e. The van der Waals surface area contributed by atoms with E-state index in [2.05, 4.69) is 25.8 Å². The summed E-state index contributed by atoms with van der Waals surface area (Å²) < 4.78 is 1.86. The number of rotatable bonds is 5. The fourth-order valence-corrected chi connectivity index (χ4v) is 3.22. The number of hydrazone groups is 1. The Morgan fingerprint density at radius 1 is 1.13 bits per heavy atom. The van der Waals surface area contributed by atoms with Crippen LogP contribution in [-0.4, -0.2) is 37.2 Å². The van der Waals surface area contributed by atoms with E-state index in [1.807, 2.05) is 48.9 Å². The van der Waals surface area contributed by atoms with Gasteiger partial charge in [-0.1, -0.05) is 30.3 Å². The number of hydrogen-bond acceptors (Lipinski definition) is 5. The topological polar surface area (TPSA) is 108 Å². The number of amides is 1. The van der Waals surface area contributed by atoms with Gasteiger partial charge in [0.1, 0.15) is 11.4 Å². The third kappa shape index (κ3) is 3.70. The van der Waals surface area contributed by atoms with E-state index in [1.54, 1.807) is 30.3 Å². The number of para-hydroxylation sites is 2. The molecule has 8 heteroatoms. The molecule has 0 atom stereocenters. The zero-order valence-corrected chi connectivity index (χ0v) is 16.5. The van der Waals surface area contributed by atoms with E-state index in [-0.39, 0.29) is 11.4 Å². The van der Waals surface area contributed by atoms with Crippen LogP contribution in [0.25, 0.3) is 16.9 Å². The first-order valence-corrected chi connectivity index (χ1v) is 9.33. The number of phenolic OH excluding ortho intramolecular Hbond substituents is 1. The molecule has 0 saturated heterocycles. The highest BCUT2D eigenvalue weighted by molar-refractivity contribution is 5.94. The van der Waals surface area contributed by atoms with E-state index in [1.165, 1.54) is 6.21 Å². The van der Waals surface area contributed by atoms with E-state index in [9.17, 15) is 9.90 Å². The smallest absolute Gasteiger partial charge is 0.289 e. The lowest BCUT2D eigenvalue weighted by atomic mass is 10.1. The highest BCUT2D eigenvalue weighted by Crippen LogP contribution is 2.27. The summed E-state index contributed by atoms with van der Waals surface area (Å²) >= 11 is 0. The number of carbonyl (C=O) groups excluding carboxylic acids is 1. The van der Waals surface area contributed by atoms with E-state index in [0.29, 0.717) is 11.3 Å². The van der Waals surface area contributed by atoms with Crippen molar-refractivity contribution in [1.29, 1.82) is 0 Å². The predicted octanol–water partition coefficient (Wildman–Crippen LogP) is 3.35. The number of aryl methyl sites for hydroxylation is 1. The Kier molecular flexibility index (Phi) is 5.13. The van der Waals surface area contributed by atoms with Gasteiger partial charge in [-0.15, -0.1) is 0 Å². The number of aromatic amines is 1. The summed E-state index contributed by atoms with van der Waals surface area (Å²) in [5.41, 5.74) is 7.39. The van der Waals surface area contributed by atoms with Crippen LogP contribution in [0.4, 0.5) is 0 Å². The number of benzene rings is 2. The second-order valence-electron chi connectivity index (χ2n) is 6.72. The number of nitrogens with zero attached hydrogens (tertiary/aromatic N) is 4. The molecule has 4 aromatic rings. The molecule has 2 heterocycles. The van der Waals surface area contributed by atoms with Gasteiger partial charge in [0.05, 0.1) is 29.0 Å². The van der Waals surface area contributed by atoms with Crippen LogP contribution in [-0.2, 0) is 0 Å². The molecule has 0 fully saturated rings. The summed E-state index contributed by atoms with van der Waals surface area (Å²) in [7, 11) is 0. The van der Waals surface area contributed by atoms with Crippen LogP contribution in [0, 0.1) is 13.8 Å². The van der Waals surface area contributed by atoms with Crippen molar-refractivity contribution in [3.05, 3.63) is 83.3 Å². The van der Waals surface area contributed by atoms with Crippen LogP contribution in [0.1, 0.15) is 27.4 Å². The highest BCUT2D eigenvalue weighted by atomic mass is 16.3. The third-order valence-corrected chi connectivity index (χ3v) is 4.68. The second kappa shape index (κ2) is 8.04. The number of H-pyrrole nitrogens is 1. The Balaban J connectivity index is 1.54. The van der Waals surface area contributed by atoms with Gasteiger partial charge in [0, 0.05) is 11.1 Å². The maximum absolute atomic E-state index is 12.4. The van der Waals surface area contributed by atoms with Gasteiger partial charge in [0.25, 0.3) is 5.91 Å². The van der Waals surface area contributed by atoms with Gasteiger partial charge < -0.3 is 5.11 Å². The molecule has 0 aliphatic rings. The normalized spacial score (nSPS) is 11.1. The van der Waals surface area contributed by atoms with Gasteiger partial charge in [0.2, 0.25) is 0 Å². The second-order valence-corrected chi connectivity index (χ2v) is 6.72. The van der Waals surface area contributed by atoms with Crippen LogP contribution < -0.4 is 5.43 Å². The lowest BCUT2D eigenvalue weighted by Gasteiger charge is -2.04. The first-order chi connectivity index (χ1) is 14.5. The minimum Gasteiger partial charge on any atom is -0.507 e. The number of hydrogen-bond donors (Lipinski definition) is 3. The van der Waals surface area contributed by atoms with Crippen molar-refractivity contribution < 1.29 is 9.90 Å². The standard InChI is InChI=1S/C22H20N6O2/c1-14-21(15(2)28(27-14)17-9-4-3-5-10-17)18-12-19(25-24-18)22(30)26-23-13-16-8-6-7-11-20(16)29/h3-13,29H,1-2H3,(H,24,25)(H,26,30). The van der Waals surface area contributed by atoms with E-state index in [0.717, 1.165) is 22.6 Å². The van der Waals surface area contributed by atoms with Crippen molar-refractivity contribution in [2.75, 3.05) is 0 Å². The van der Waals surface area contributed by atoms with Crippen LogP contribution in [0.5, 0.6) is 5.75 Å². The predicted molar refractivity (Wildman–Crippen MR) is 114 cm³/mol. The van der Waals surface area contributed by atoms with Crippen LogP contribution in [0.15, 0.2) is 65.8 Å².